The van der Waals surface area contributed by atoms with Crippen molar-refractivity contribution >= 4 is 16.9 Å². The monoisotopic (exact) mass is 412 g/mol. The number of carbonyl (C=O) groups is 1. The number of fused-ring (bicyclic) bond motifs is 1. The SMILES string of the molecule is Cc1cc(C)c(Cn2c(CCCNC(=O)c3ccccn3)nc3ccccc32)c(C)c1. The summed E-state index contributed by atoms with van der Waals surface area (Å²) in [6.07, 6.45) is 3.24. The fourth-order valence-electron chi connectivity index (χ4n) is 4.15. The zero-order valence-corrected chi connectivity index (χ0v) is 18.4. The van der Waals surface area contributed by atoms with Crippen LogP contribution in [-0.2, 0) is 13.0 Å². The fourth-order valence-corrected chi connectivity index (χ4v) is 4.15. The molecule has 1 N–H and O–H groups in total. The van der Waals surface area contributed by atoms with Crippen LogP contribution in [0, 0.1) is 20.8 Å². The second kappa shape index (κ2) is 9.13. The Morgan fingerprint density at radius 1 is 1.00 bits per heavy atom. The number of hydrogen-bond acceptors (Lipinski definition) is 3. The van der Waals surface area contributed by atoms with Crippen LogP contribution in [-0.4, -0.2) is 27.0 Å². The molecule has 2 aromatic heterocycles. The Kier molecular flexibility index (Phi) is 6.12. The molecule has 158 valence electrons. The molecule has 0 aliphatic heterocycles. The zero-order valence-electron chi connectivity index (χ0n) is 18.4. The van der Waals surface area contributed by atoms with Gasteiger partial charge in [-0.15, -0.1) is 0 Å². The van der Waals surface area contributed by atoms with Gasteiger partial charge in [-0.1, -0.05) is 35.9 Å². The Bertz CT molecular complexity index is 1190. The molecular weight excluding hydrogens is 384 g/mol. The summed E-state index contributed by atoms with van der Waals surface area (Å²) >= 11 is 0. The molecule has 0 saturated heterocycles. The maximum atomic E-state index is 12.2. The number of hydrogen-bond donors (Lipinski definition) is 1. The van der Waals surface area contributed by atoms with Gasteiger partial charge in [0.15, 0.2) is 0 Å². The van der Waals surface area contributed by atoms with Crippen LogP contribution >= 0.6 is 0 Å². The minimum absolute atomic E-state index is 0.139. The van der Waals surface area contributed by atoms with E-state index in [1.54, 1.807) is 18.3 Å². The molecule has 31 heavy (non-hydrogen) atoms. The third-order valence-corrected chi connectivity index (χ3v) is 5.65. The van der Waals surface area contributed by atoms with Crippen molar-refractivity contribution in [3.63, 3.8) is 0 Å². The van der Waals surface area contributed by atoms with Crippen LogP contribution < -0.4 is 5.32 Å². The zero-order chi connectivity index (χ0) is 21.8. The van der Waals surface area contributed by atoms with Crippen LogP contribution in [0.25, 0.3) is 11.0 Å². The molecule has 0 spiro atoms. The second-order valence-corrected chi connectivity index (χ2v) is 8.05. The van der Waals surface area contributed by atoms with Crippen molar-refractivity contribution in [1.82, 2.24) is 19.9 Å². The van der Waals surface area contributed by atoms with Gasteiger partial charge in [0.1, 0.15) is 11.5 Å². The standard InChI is InChI=1S/C26H28N4O/c1-18-15-19(2)21(20(3)16-18)17-30-24-11-5-4-9-22(24)29-25(30)12-8-14-28-26(31)23-10-6-7-13-27-23/h4-7,9-11,13,15-16H,8,12,14,17H2,1-3H3,(H,28,31). The van der Waals surface area contributed by atoms with Gasteiger partial charge in [0.05, 0.1) is 11.0 Å². The van der Waals surface area contributed by atoms with E-state index in [-0.39, 0.29) is 5.91 Å². The predicted octanol–water partition coefficient (Wildman–Crippen LogP) is 4.77. The lowest BCUT2D eigenvalue weighted by molar-refractivity contribution is 0.0948. The predicted molar refractivity (Wildman–Crippen MR) is 124 cm³/mol. The van der Waals surface area contributed by atoms with Crippen molar-refractivity contribution in [2.45, 2.75) is 40.2 Å². The Morgan fingerprint density at radius 2 is 1.74 bits per heavy atom. The van der Waals surface area contributed by atoms with E-state index in [1.807, 2.05) is 12.1 Å². The molecule has 0 aliphatic rings. The number of nitrogens with zero attached hydrogens (tertiary/aromatic N) is 3. The summed E-state index contributed by atoms with van der Waals surface area (Å²) < 4.78 is 2.32. The van der Waals surface area contributed by atoms with Crippen molar-refractivity contribution in [1.29, 1.82) is 0 Å². The van der Waals surface area contributed by atoms with Gasteiger partial charge in [-0.05, 0) is 68.1 Å². The molecule has 0 bridgehead atoms. The number of imidazole rings is 1. The van der Waals surface area contributed by atoms with Gasteiger partial charge >= 0.3 is 0 Å². The van der Waals surface area contributed by atoms with Crippen molar-refractivity contribution in [3.8, 4) is 0 Å². The first kappa shape index (κ1) is 20.8. The van der Waals surface area contributed by atoms with E-state index in [0.29, 0.717) is 12.2 Å². The molecule has 0 unspecified atom stereocenters. The Morgan fingerprint density at radius 3 is 2.48 bits per heavy atom. The maximum Gasteiger partial charge on any atom is 0.269 e. The highest BCUT2D eigenvalue weighted by molar-refractivity contribution is 5.92. The van der Waals surface area contributed by atoms with Gasteiger partial charge in [-0.2, -0.15) is 0 Å². The Balaban J connectivity index is 1.51. The lowest BCUT2D eigenvalue weighted by Gasteiger charge is -2.15. The van der Waals surface area contributed by atoms with Crippen LogP contribution in [0.1, 0.15) is 45.0 Å². The summed E-state index contributed by atoms with van der Waals surface area (Å²) in [4.78, 5) is 21.2. The molecule has 4 aromatic rings. The molecule has 5 heteroatoms. The van der Waals surface area contributed by atoms with Gasteiger partial charge in [-0.3, -0.25) is 9.78 Å². The summed E-state index contributed by atoms with van der Waals surface area (Å²) in [7, 11) is 0. The molecule has 5 nitrogen and oxygen atoms in total. The highest BCUT2D eigenvalue weighted by Gasteiger charge is 2.14. The topological polar surface area (TPSA) is 59.8 Å². The number of aryl methyl sites for hydroxylation is 4. The third-order valence-electron chi connectivity index (χ3n) is 5.65. The van der Waals surface area contributed by atoms with E-state index >= 15 is 0 Å². The van der Waals surface area contributed by atoms with Crippen LogP contribution in [0.15, 0.2) is 60.8 Å². The average Bonchev–Trinajstić information content (AvgIpc) is 3.11. The number of carbonyl (C=O) groups excluding carboxylic acids is 1. The van der Waals surface area contributed by atoms with E-state index in [4.69, 9.17) is 4.98 Å². The number of nitrogens with one attached hydrogen (secondary N) is 1. The molecule has 2 aromatic carbocycles. The van der Waals surface area contributed by atoms with E-state index in [1.165, 1.54) is 22.3 Å². The third kappa shape index (κ3) is 4.66. The second-order valence-electron chi connectivity index (χ2n) is 8.05. The Labute approximate surface area is 183 Å². The van der Waals surface area contributed by atoms with Gasteiger partial charge in [0, 0.05) is 25.7 Å². The van der Waals surface area contributed by atoms with E-state index in [9.17, 15) is 4.79 Å². The molecule has 2 heterocycles. The molecule has 0 fully saturated rings. The van der Waals surface area contributed by atoms with Gasteiger partial charge < -0.3 is 9.88 Å². The molecule has 0 saturated carbocycles. The normalized spacial score (nSPS) is 11.1. The fraction of sp³-hybridized carbons (Fsp3) is 0.269. The van der Waals surface area contributed by atoms with Gasteiger partial charge in [0.2, 0.25) is 0 Å². The van der Waals surface area contributed by atoms with Crippen molar-refractivity contribution in [3.05, 3.63) is 94.6 Å². The summed E-state index contributed by atoms with van der Waals surface area (Å²) in [5.41, 5.74) is 7.86. The quantitative estimate of drug-likeness (QED) is 0.445. The lowest BCUT2D eigenvalue weighted by Crippen LogP contribution is -2.25. The molecule has 0 atom stereocenters. The number of para-hydroxylation sites is 2. The molecule has 0 aliphatic carbocycles. The largest absolute Gasteiger partial charge is 0.351 e. The van der Waals surface area contributed by atoms with Crippen LogP contribution in [0.3, 0.4) is 0 Å². The lowest BCUT2D eigenvalue weighted by atomic mass is 9.99. The summed E-state index contributed by atoms with van der Waals surface area (Å²) in [6, 6.07) is 18.1. The summed E-state index contributed by atoms with van der Waals surface area (Å²) in [5.74, 6) is 0.910. The minimum Gasteiger partial charge on any atom is -0.351 e. The Hall–Kier alpha value is -3.47. The summed E-state index contributed by atoms with van der Waals surface area (Å²) in [6.45, 7) is 7.89. The molecule has 0 radical (unpaired) electrons. The summed E-state index contributed by atoms with van der Waals surface area (Å²) in [5, 5.41) is 2.96. The number of amides is 1. The average molecular weight is 413 g/mol. The van der Waals surface area contributed by atoms with E-state index in [0.717, 1.165) is 36.2 Å². The van der Waals surface area contributed by atoms with Crippen LogP contribution in [0.2, 0.25) is 0 Å². The van der Waals surface area contributed by atoms with Crippen LogP contribution in [0.4, 0.5) is 0 Å². The van der Waals surface area contributed by atoms with Gasteiger partial charge in [-0.25, -0.2) is 4.98 Å². The number of aromatic nitrogens is 3. The molecule has 1 amide bonds. The van der Waals surface area contributed by atoms with Crippen molar-refractivity contribution < 1.29 is 4.79 Å². The number of benzene rings is 2. The number of rotatable bonds is 7. The van der Waals surface area contributed by atoms with Crippen molar-refractivity contribution in [2.24, 2.45) is 0 Å². The maximum absolute atomic E-state index is 12.2. The number of pyridine rings is 1. The molecule has 4 rings (SSSR count). The van der Waals surface area contributed by atoms with E-state index in [2.05, 4.69) is 66.0 Å². The smallest absolute Gasteiger partial charge is 0.269 e. The van der Waals surface area contributed by atoms with Gasteiger partial charge in [0.25, 0.3) is 5.91 Å². The highest BCUT2D eigenvalue weighted by atomic mass is 16.1. The minimum atomic E-state index is -0.139. The van der Waals surface area contributed by atoms with E-state index < -0.39 is 0 Å². The first-order valence-corrected chi connectivity index (χ1v) is 10.7. The molecular formula is C26H28N4O. The first-order chi connectivity index (χ1) is 15.0. The first-order valence-electron chi connectivity index (χ1n) is 10.7. The highest BCUT2D eigenvalue weighted by Crippen LogP contribution is 2.23. The van der Waals surface area contributed by atoms with Crippen molar-refractivity contribution in [2.75, 3.05) is 6.54 Å². The van der Waals surface area contributed by atoms with Crippen LogP contribution in [0.5, 0.6) is 0 Å².